The van der Waals surface area contributed by atoms with E-state index in [0.29, 0.717) is 11.1 Å². The summed E-state index contributed by atoms with van der Waals surface area (Å²) >= 11 is 3.15. The molecule has 2 aromatic carbocycles. The number of carbonyl (C=O) groups is 2. The Morgan fingerprint density at radius 2 is 1.67 bits per heavy atom. The van der Waals surface area contributed by atoms with Crippen molar-refractivity contribution in [2.24, 2.45) is 0 Å². The molecule has 144 valence electrons. The minimum absolute atomic E-state index is 0.196. The Balaban J connectivity index is 1.93. The number of carbonyl (C=O) groups excluding carboxylic acids is 2. The predicted molar refractivity (Wildman–Crippen MR) is 105 cm³/mol. The fraction of sp³-hybridized carbons (Fsp3) is 0.333. The van der Waals surface area contributed by atoms with Gasteiger partial charge in [-0.2, -0.15) is 0 Å². The zero-order valence-electron chi connectivity index (χ0n) is 15.2. The molecular formula is C21H22BrFO4. The lowest BCUT2D eigenvalue weighted by Crippen LogP contribution is -2.11. The van der Waals surface area contributed by atoms with E-state index < -0.39 is 17.8 Å². The van der Waals surface area contributed by atoms with Gasteiger partial charge in [0.25, 0.3) is 0 Å². The second kappa shape index (κ2) is 10.8. The second-order valence-corrected chi connectivity index (χ2v) is 6.95. The van der Waals surface area contributed by atoms with Crippen LogP contribution in [0, 0.1) is 5.82 Å². The molecule has 0 amide bonds. The van der Waals surface area contributed by atoms with Gasteiger partial charge in [-0.15, -0.1) is 0 Å². The van der Waals surface area contributed by atoms with Crippen molar-refractivity contribution in [3.05, 3.63) is 63.9 Å². The molecule has 0 bridgehead atoms. The molecule has 0 aliphatic carbocycles. The van der Waals surface area contributed by atoms with E-state index in [0.717, 1.165) is 25.7 Å². The molecule has 4 nitrogen and oxygen atoms in total. The van der Waals surface area contributed by atoms with Crippen LogP contribution in [0.25, 0.3) is 0 Å². The molecule has 0 saturated heterocycles. The van der Waals surface area contributed by atoms with Crippen molar-refractivity contribution in [2.45, 2.75) is 39.0 Å². The molecule has 27 heavy (non-hydrogen) atoms. The summed E-state index contributed by atoms with van der Waals surface area (Å²) in [6.07, 6.45) is 5.33. The molecule has 0 unspecified atom stereocenters. The summed E-state index contributed by atoms with van der Waals surface area (Å²) in [6.45, 7) is 2.51. The molecule has 0 saturated carbocycles. The van der Waals surface area contributed by atoms with Crippen LogP contribution in [0.4, 0.5) is 4.39 Å². The highest BCUT2D eigenvalue weighted by Gasteiger charge is 2.15. The van der Waals surface area contributed by atoms with Gasteiger partial charge in [0.15, 0.2) is 0 Å². The first kappa shape index (κ1) is 21.1. The van der Waals surface area contributed by atoms with Crippen molar-refractivity contribution in [1.29, 1.82) is 0 Å². The summed E-state index contributed by atoms with van der Waals surface area (Å²) in [5.74, 6) is -1.36. The number of hydrogen-bond acceptors (Lipinski definition) is 4. The van der Waals surface area contributed by atoms with Crippen molar-refractivity contribution in [3.63, 3.8) is 0 Å². The van der Waals surface area contributed by atoms with Gasteiger partial charge in [0.05, 0.1) is 22.2 Å². The smallest absolute Gasteiger partial charge is 0.343 e. The first-order chi connectivity index (χ1) is 13.0. The number of esters is 2. The number of unbranched alkanes of at least 4 members (excludes halogenated alkanes) is 4. The Morgan fingerprint density at radius 3 is 2.37 bits per heavy atom. The van der Waals surface area contributed by atoms with Gasteiger partial charge in [0.1, 0.15) is 11.6 Å². The van der Waals surface area contributed by atoms with Crippen molar-refractivity contribution in [2.75, 3.05) is 6.61 Å². The third-order valence-corrected chi connectivity index (χ3v) is 4.53. The molecule has 6 heteroatoms. The molecule has 0 heterocycles. The van der Waals surface area contributed by atoms with Gasteiger partial charge in [0, 0.05) is 0 Å². The maximum atomic E-state index is 13.1. The van der Waals surface area contributed by atoms with E-state index >= 15 is 0 Å². The number of benzene rings is 2. The molecule has 0 atom stereocenters. The molecule has 0 spiro atoms. The standard InChI is InChI=1S/C21H22BrFO4/c1-2-3-4-5-6-12-26-20(24)15-8-7-9-16(13-15)21(25)27-19-11-10-17(23)14-18(19)22/h7-11,13-14H,2-6,12H2,1H3. The van der Waals surface area contributed by atoms with Crippen LogP contribution in [0.15, 0.2) is 46.9 Å². The Kier molecular flexibility index (Phi) is 8.45. The minimum Gasteiger partial charge on any atom is -0.462 e. The van der Waals surface area contributed by atoms with Gasteiger partial charge < -0.3 is 9.47 Å². The lowest BCUT2D eigenvalue weighted by atomic mass is 10.1. The van der Waals surface area contributed by atoms with E-state index in [-0.39, 0.29) is 16.9 Å². The van der Waals surface area contributed by atoms with Gasteiger partial charge in [-0.25, -0.2) is 14.0 Å². The summed E-state index contributed by atoms with van der Waals surface area (Å²) in [6, 6.07) is 9.91. The maximum Gasteiger partial charge on any atom is 0.343 e. The fourth-order valence-corrected chi connectivity index (χ4v) is 2.88. The van der Waals surface area contributed by atoms with Crippen LogP contribution in [0.1, 0.15) is 59.7 Å². The summed E-state index contributed by atoms with van der Waals surface area (Å²) in [5, 5.41) is 0. The highest BCUT2D eigenvalue weighted by Crippen LogP contribution is 2.26. The minimum atomic E-state index is -0.642. The van der Waals surface area contributed by atoms with Crippen molar-refractivity contribution in [3.8, 4) is 5.75 Å². The van der Waals surface area contributed by atoms with E-state index in [1.165, 1.54) is 30.7 Å². The van der Waals surface area contributed by atoms with Gasteiger partial charge in [-0.05, 0) is 58.7 Å². The lowest BCUT2D eigenvalue weighted by Gasteiger charge is -2.08. The molecule has 0 aromatic heterocycles. The van der Waals surface area contributed by atoms with Crippen LogP contribution < -0.4 is 4.74 Å². The van der Waals surface area contributed by atoms with Crippen molar-refractivity contribution < 1.29 is 23.5 Å². The summed E-state index contributed by atoms with van der Waals surface area (Å²) < 4.78 is 24.0. The molecule has 0 N–H and O–H groups in total. The van der Waals surface area contributed by atoms with Gasteiger partial charge in [0.2, 0.25) is 0 Å². The fourth-order valence-electron chi connectivity index (χ4n) is 2.44. The molecule has 2 aromatic rings. The summed E-state index contributed by atoms with van der Waals surface area (Å²) in [7, 11) is 0. The predicted octanol–water partition coefficient (Wildman–Crippen LogP) is 5.93. The highest BCUT2D eigenvalue weighted by molar-refractivity contribution is 9.10. The number of hydrogen-bond donors (Lipinski definition) is 0. The third-order valence-electron chi connectivity index (χ3n) is 3.91. The monoisotopic (exact) mass is 436 g/mol. The Labute approximate surface area is 166 Å². The lowest BCUT2D eigenvalue weighted by molar-refractivity contribution is 0.0497. The molecule has 0 aliphatic heterocycles. The van der Waals surface area contributed by atoms with Crippen LogP contribution in [0.5, 0.6) is 5.75 Å². The van der Waals surface area contributed by atoms with Gasteiger partial charge in [-0.3, -0.25) is 0 Å². The quantitative estimate of drug-likeness (QED) is 0.277. The highest BCUT2D eigenvalue weighted by atomic mass is 79.9. The van der Waals surface area contributed by atoms with Crippen molar-refractivity contribution >= 4 is 27.9 Å². The van der Waals surface area contributed by atoms with E-state index in [1.54, 1.807) is 18.2 Å². The average molecular weight is 437 g/mol. The van der Waals surface area contributed by atoms with Crippen LogP contribution in [-0.4, -0.2) is 18.5 Å². The number of ether oxygens (including phenoxy) is 2. The first-order valence-electron chi connectivity index (χ1n) is 8.95. The molecule has 0 radical (unpaired) electrons. The van der Waals surface area contributed by atoms with E-state index in [1.807, 2.05) is 0 Å². The molecule has 0 aliphatic rings. The maximum absolute atomic E-state index is 13.1. The Morgan fingerprint density at radius 1 is 0.963 bits per heavy atom. The van der Waals surface area contributed by atoms with Crippen LogP contribution in [0.2, 0.25) is 0 Å². The molecule has 2 rings (SSSR count). The zero-order valence-corrected chi connectivity index (χ0v) is 16.8. The van der Waals surface area contributed by atoms with Gasteiger partial charge in [-0.1, -0.05) is 38.7 Å². The normalized spacial score (nSPS) is 10.5. The van der Waals surface area contributed by atoms with Gasteiger partial charge >= 0.3 is 11.9 Å². The van der Waals surface area contributed by atoms with Crippen molar-refractivity contribution in [1.82, 2.24) is 0 Å². The van der Waals surface area contributed by atoms with Crippen LogP contribution >= 0.6 is 15.9 Å². The summed E-state index contributed by atoms with van der Waals surface area (Å²) in [4.78, 5) is 24.4. The largest absolute Gasteiger partial charge is 0.462 e. The SMILES string of the molecule is CCCCCCCOC(=O)c1cccc(C(=O)Oc2ccc(F)cc2Br)c1. The third kappa shape index (κ3) is 6.79. The number of halogens is 2. The summed E-state index contributed by atoms with van der Waals surface area (Å²) in [5.41, 5.74) is 0.500. The second-order valence-electron chi connectivity index (χ2n) is 6.10. The average Bonchev–Trinajstić information content (AvgIpc) is 2.66. The van der Waals surface area contributed by atoms with E-state index in [4.69, 9.17) is 9.47 Å². The molecular weight excluding hydrogens is 415 g/mol. The Bertz CT molecular complexity index is 792. The Hall–Kier alpha value is -2.21. The topological polar surface area (TPSA) is 52.6 Å². The van der Waals surface area contributed by atoms with Crippen LogP contribution in [0.3, 0.4) is 0 Å². The number of rotatable bonds is 9. The molecule has 0 fully saturated rings. The van der Waals surface area contributed by atoms with E-state index in [2.05, 4.69) is 22.9 Å². The zero-order chi connectivity index (χ0) is 19.6. The van der Waals surface area contributed by atoms with E-state index in [9.17, 15) is 14.0 Å². The van der Waals surface area contributed by atoms with Crippen LogP contribution in [-0.2, 0) is 4.74 Å². The first-order valence-corrected chi connectivity index (χ1v) is 9.75.